The van der Waals surface area contributed by atoms with E-state index >= 15 is 0 Å². The van der Waals surface area contributed by atoms with Crippen LogP contribution in [0.2, 0.25) is 10.2 Å². The largest absolute Gasteiger partial charge is 0.292 e. The Morgan fingerprint density at radius 1 is 1.44 bits per heavy atom. The van der Waals surface area contributed by atoms with E-state index in [2.05, 4.69) is 10.1 Å². The van der Waals surface area contributed by atoms with Crippen LogP contribution in [-0.2, 0) is 13.5 Å². The Morgan fingerprint density at radius 3 is 2.72 bits per heavy atom. The SMILES string of the molecule is Cc1nn(C)c(Cl)c1CC(=O)c1ncccc1Cl. The minimum Gasteiger partial charge on any atom is -0.292 e. The molecular formula is C12H11Cl2N3O. The average molecular weight is 284 g/mol. The molecule has 0 spiro atoms. The third kappa shape index (κ3) is 2.40. The van der Waals surface area contributed by atoms with Gasteiger partial charge >= 0.3 is 0 Å². The summed E-state index contributed by atoms with van der Waals surface area (Å²) in [6.07, 6.45) is 1.69. The minimum absolute atomic E-state index is 0.148. The second-order valence-corrected chi connectivity index (χ2v) is 4.68. The maximum absolute atomic E-state index is 12.1. The molecule has 0 bridgehead atoms. The Kier molecular flexibility index (Phi) is 3.68. The Morgan fingerprint density at radius 2 is 2.17 bits per heavy atom. The van der Waals surface area contributed by atoms with Crippen LogP contribution in [0.5, 0.6) is 0 Å². The van der Waals surface area contributed by atoms with Crippen molar-refractivity contribution in [3.8, 4) is 0 Å². The molecule has 2 aromatic rings. The molecule has 0 aliphatic heterocycles. The van der Waals surface area contributed by atoms with E-state index in [1.165, 1.54) is 6.20 Å². The number of nitrogens with zero attached hydrogens (tertiary/aromatic N) is 3. The van der Waals surface area contributed by atoms with Crippen LogP contribution in [0.15, 0.2) is 18.3 Å². The number of carbonyl (C=O) groups is 1. The molecule has 0 saturated carbocycles. The minimum atomic E-state index is -0.168. The molecule has 4 nitrogen and oxygen atoms in total. The van der Waals surface area contributed by atoms with Gasteiger partial charge in [0, 0.05) is 25.2 Å². The van der Waals surface area contributed by atoms with Crippen molar-refractivity contribution < 1.29 is 4.79 Å². The summed E-state index contributed by atoms with van der Waals surface area (Å²) in [4.78, 5) is 16.1. The lowest BCUT2D eigenvalue weighted by Gasteiger charge is -2.02. The van der Waals surface area contributed by atoms with E-state index in [4.69, 9.17) is 23.2 Å². The lowest BCUT2D eigenvalue weighted by molar-refractivity contribution is 0.0988. The van der Waals surface area contributed by atoms with Gasteiger partial charge in [-0.1, -0.05) is 23.2 Å². The number of aryl methyl sites for hydroxylation is 2. The second-order valence-electron chi connectivity index (χ2n) is 3.91. The molecule has 2 aromatic heterocycles. The van der Waals surface area contributed by atoms with Gasteiger partial charge in [-0.15, -0.1) is 0 Å². The topological polar surface area (TPSA) is 47.8 Å². The lowest BCUT2D eigenvalue weighted by atomic mass is 10.1. The van der Waals surface area contributed by atoms with Crippen molar-refractivity contribution in [2.45, 2.75) is 13.3 Å². The second kappa shape index (κ2) is 5.08. The summed E-state index contributed by atoms with van der Waals surface area (Å²) >= 11 is 12.0. The van der Waals surface area contributed by atoms with Gasteiger partial charge in [0.15, 0.2) is 5.78 Å². The third-order valence-corrected chi connectivity index (χ3v) is 3.41. The molecule has 0 atom stereocenters. The van der Waals surface area contributed by atoms with E-state index in [0.717, 1.165) is 5.69 Å². The van der Waals surface area contributed by atoms with Crippen molar-refractivity contribution in [2.24, 2.45) is 7.05 Å². The Bertz CT molecular complexity index is 607. The van der Waals surface area contributed by atoms with Crippen LogP contribution in [0.25, 0.3) is 0 Å². The number of rotatable bonds is 3. The molecule has 0 radical (unpaired) electrons. The van der Waals surface area contributed by atoms with E-state index in [-0.39, 0.29) is 17.9 Å². The van der Waals surface area contributed by atoms with Gasteiger partial charge < -0.3 is 0 Å². The van der Waals surface area contributed by atoms with Crippen molar-refractivity contribution >= 4 is 29.0 Å². The molecule has 0 unspecified atom stereocenters. The van der Waals surface area contributed by atoms with Crippen molar-refractivity contribution in [1.82, 2.24) is 14.8 Å². The normalized spacial score (nSPS) is 10.7. The predicted octanol–water partition coefficient (Wildman–Crippen LogP) is 2.86. The molecule has 18 heavy (non-hydrogen) atoms. The Balaban J connectivity index is 2.30. The zero-order valence-corrected chi connectivity index (χ0v) is 11.5. The smallest absolute Gasteiger partial charge is 0.187 e. The summed E-state index contributed by atoms with van der Waals surface area (Å²) < 4.78 is 1.54. The van der Waals surface area contributed by atoms with Gasteiger partial charge in [0.2, 0.25) is 0 Å². The summed E-state index contributed by atoms with van der Waals surface area (Å²) in [6, 6.07) is 3.32. The standard InChI is InChI=1S/C12H11Cl2N3O/c1-7-8(12(14)17(2)16-7)6-10(18)11-9(13)4-3-5-15-11/h3-5H,6H2,1-2H3. The van der Waals surface area contributed by atoms with Crippen LogP contribution in [0, 0.1) is 6.92 Å². The van der Waals surface area contributed by atoms with Crippen molar-refractivity contribution in [2.75, 3.05) is 0 Å². The monoisotopic (exact) mass is 283 g/mol. The highest BCUT2D eigenvalue weighted by atomic mass is 35.5. The maximum atomic E-state index is 12.1. The van der Waals surface area contributed by atoms with Crippen LogP contribution < -0.4 is 0 Å². The van der Waals surface area contributed by atoms with Crippen LogP contribution >= 0.6 is 23.2 Å². The van der Waals surface area contributed by atoms with Crippen molar-refractivity contribution in [1.29, 1.82) is 0 Å². The lowest BCUT2D eigenvalue weighted by Crippen LogP contribution is -2.07. The summed E-state index contributed by atoms with van der Waals surface area (Å²) in [6.45, 7) is 1.81. The number of Topliss-reactive ketones (excluding diaryl/α,β-unsaturated/α-hetero) is 1. The Labute approximate surface area is 115 Å². The summed E-state index contributed by atoms with van der Waals surface area (Å²) in [5.41, 5.74) is 1.72. The van der Waals surface area contributed by atoms with Gasteiger partial charge in [-0.2, -0.15) is 5.10 Å². The molecule has 0 N–H and O–H groups in total. The number of halogens is 2. The van der Waals surface area contributed by atoms with Crippen LogP contribution in [0.1, 0.15) is 21.7 Å². The molecule has 2 heterocycles. The zero-order chi connectivity index (χ0) is 13.3. The highest BCUT2D eigenvalue weighted by molar-refractivity contribution is 6.34. The quantitative estimate of drug-likeness (QED) is 0.814. The molecule has 0 fully saturated rings. The fourth-order valence-corrected chi connectivity index (χ4v) is 2.18. The molecule has 0 amide bonds. The van der Waals surface area contributed by atoms with Gasteiger partial charge in [-0.05, 0) is 19.1 Å². The maximum Gasteiger partial charge on any atom is 0.187 e. The number of hydrogen-bond donors (Lipinski definition) is 0. The van der Waals surface area contributed by atoms with Gasteiger partial charge in [0.1, 0.15) is 10.8 Å². The van der Waals surface area contributed by atoms with E-state index in [0.29, 0.717) is 15.7 Å². The fourth-order valence-electron chi connectivity index (χ4n) is 1.71. The van der Waals surface area contributed by atoms with Gasteiger partial charge in [-0.25, -0.2) is 0 Å². The first-order chi connectivity index (χ1) is 8.50. The number of pyridine rings is 1. The van der Waals surface area contributed by atoms with Gasteiger partial charge in [-0.3, -0.25) is 14.5 Å². The van der Waals surface area contributed by atoms with Crippen LogP contribution in [0.3, 0.4) is 0 Å². The number of aromatic nitrogens is 3. The number of hydrogen-bond acceptors (Lipinski definition) is 3. The molecule has 0 aliphatic carbocycles. The van der Waals surface area contributed by atoms with Gasteiger partial charge in [0.25, 0.3) is 0 Å². The summed E-state index contributed by atoms with van der Waals surface area (Å²) in [7, 11) is 1.73. The first-order valence-electron chi connectivity index (χ1n) is 5.32. The first kappa shape index (κ1) is 13.1. The van der Waals surface area contributed by atoms with E-state index in [1.54, 1.807) is 23.9 Å². The fraction of sp³-hybridized carbons (Fsp3) is 0.250. The zero-order valence-electron chi connectivity index (χ0n) is 9.94. The summed E-state index contributed by atoms with van der Waals surface area (Å²) in [5.74, 6) is -0.168. The molecular weight excluding hydrogens is 273 g/mol. The number of carbonyl (C=O) groups excluding carboxylic acids is 1. The predicted molar refractivity (Wildman–Crippen MR) is 70.2 cm³/mol. The molecule has 0 aliphatic rings. The van der Waals surface area contributed by atoms with Crippen molar-refractivity contribution in [3.63, 3.8) is 0 Å². The molecule has 94 valence electrons. The van der Waals surface area contributed by atoms with E-state index in [9.17, 15) is 4.79 Å². The first-order valence-corrected chi connectivity index (χ1v) is 6.08. The highest BCUT2D eigenvalue weighted by Crippen LogP contribution is 2.22. The highest BCUT2D eigenvalue weighted by Gasteiger charge is 2.18. The summed E-state index contributed by atoms with van der Waals surface area (Å²) in [5, 5.41) is 4.97. The van der Waals surface area contributed by atoms with E-state index < -0.39 is 0 Å². The molecule has 2 rings (SSSR count). The molecule has 0 saturated heterocycles. The van der Waals surface area contributed by atoms with Crippen LogP contribution in [0.4, 0.5) is 0 Å². The molecule has 6 heteroatoms. The Hall–Kier alpha value is -1.39. The van der Waals surface area contributed by atoms with Gasteiger partial charge in [0.05, 0.1) is 10.7 Å². The van der Waals surface area contributed by atoms with E-state index in [1.807, 2.05) is 6.92 Å². The number of ketones is 1. The van der Waals surface area contributed by atoms with Crippen molar-refractivity contribution in [3.05, 3.63) is 45.5 Å². The van der Waals surface area contributed by atoms with Crippen LogP contribution in [-0.4, -0.2) is 20.5 Å². The average Bonchev–Trinajstić information content (AvgIpc) is 2.56. The third-order valence-electron chi connectivity index (χ3n) is 2.63. The molecule has 0 aromatic carbocycles.